The van der Waals surface area contributed by atoms with E-state index in [4.69, 9.17) is 4.74 Å². The molecule has 0 bridgehead atoms. The van der Waals surface area contributed by atoms with Gasteiger partial charge < -0.3 is 9.64 Å². The summed E-state index contributed by atoms with van der Waals surface area (Å²) in [6.45, 7) is 24.1. The largest absolute Gasteiger partial charge is 0.381 e. The van der Waals surface area contributed by atoms with Gasteiger partial charge in [0.15, 0.2) is 0 Å². The average molecular weight is 311 g/mol. The molecule has 0 radical (unpaired) electrons. The zero-order valence-corrected chi connectivity index (χ0v) is 15.9. The molecule has 1 fully saturated rings. The quantitative estimate of drug-likeness (QED) is 0.657. The Bertz CT molecular complexity index is 330. The van der Waals surface area contributed by atoms with Gasteiger partial charge in [-0.2, -0.15) is 0 Å². The van der Waals surface area contributed by atoms with Crippen LogP contribution in [-0.4, -0.2) is 54.7 Å². The van der Waals surface area contributed by atoms with Crippen LogP contribution < -0.4 is 0 Å². The second-order valence-electron chi connectivity index (χ2n) is 8.74. The minimum absolute atomic E-state index is 0.281. The first kappa shape index (κ1) is 19.5. The van der Waals surface area contributed by atoms with Crippen molar-refractivity contribution >= 4 is 0 Å². The molecule has 0 aliphatic carbocycles. The van der Waals surface area contributed by atoms with Gasteiger partial charge in [-0.05, 0) is 39.0 Å². The van der Waals surface area contributed by atoms with Crippen molar-refractivity contribution in [1.29, 1.82) is 0 Å². The van der Waals surface area contributed by atoms with Gasteiger partial charge in [0.05, 0.1) is 6.61 Å². The molecule has 0 atom stereocenters. The van der Waals surface area contributed by atoms with Crippen molar-refractivity contribution in [2.24, 2.45) is 5.41 Å². The van der Waals surface area contributed by atoms with Crippen LogP contribution in [0.2, 0.25) is 0 Å². The van der Waals surface area contributed by atoms with E-state index in [2.05, 4.69) is 57.9 Å². The number of nitrogens with zero attached hydrogens (tertiary/aromatic N) is 2. The van der Waals surface area contributed by atoms with Gasteiger partial charge in [-0.25, -0.2) is 0 Å². The fourth-order valence-corrected chi connectivity index (χ4v) is 2.85. The van der Waals surface area contributed by atoms with E-state index >= 15 is 0 Å². The predicted octanol–water partition coefficient (Wildman–Crippen LogP) is 4.15. The van der Waals surface area contributed by atoms with Crippen molar-refractivity contribution in [3.8, 4) is 0 Å². The summed E-state index contributed by atoms with van der Waals surface area (Å²) < 4.78 is 5.77. The van der Waals surface area contributed by atoms with Crippen molar-refractivity contribution in [2.45, 2.75) is 66.3 Å². The van der Waals surface area contributed by atoms with Crippen molar-refractivity contribution in [3.63, 3.8) is 0 Å². The second-order valence-corrected chi connectivity index (χ2v) is 8.74. The normalized spacial score (nSPS) is 17.8. The van der Waals surface area contributed by atoms with Crippen LogP contribution in [0.25, 0.3) is 0 Å². The van der Waals surface area contributed by atoms with Crippen LogP contribution in [-0.2, 0) is 4.74 Å². The number of hydrogen-bond donors (Lipinski definition) is 0. The first-order chi connectivity index (χ1) is 10.1. The Hall–Kier alpha value is -0.540. The van der Waals surface area contributed by atoms with Gasteiger partial charge >= 0.3 is 0 Å². The Morgan fingerprint density at radius 3 is 2.05 bits per heavy atom. The number of piperazine rings is 1. The van der Waals surface area contributed by atoms with Crippen molar-refractivity contribution < 1.29 is 4.74 Å². The molecule has 22 heavy (non-hydrogen) atoms. The van der Waals surface area contributed by atoms with Gasteiger partial charge in [-0.15, -0.1) is 0 Å². The molecular formula is C19H38N2O. The highest BCUT2D eigenvalue weighted by Gasteiger charge is 2.25. The lowest BCUT2D eigenvalue weighted by Gasteiger charge is -2.43. The Balaban J connectivity index is 2.12. The van der Waals surface area contributed by atoms with Crippen molar-refractivity contribution in [1.82, 2.24) is 9.80 Å². The first-order valence-corrected chi connectivity index (χ1v) is 8.85. The molecule has 1 aliphatic rings. The minimum atomic E-state index is 0.281. The Kier molecular flexibility index (Phi) is 7.40. The fourth-order valence-electron chi connectivity index (χ4n) is 2.85. The summed E-state index contributed by atoms with van der Waals surface area (Å²) in [6.07, 6.45) is 3.34. The maximum Gasteiger partial charge on any atom is 0.0520 e. The van der Waals surface area contributed by atoms with Crippen LogP contribution >= 0.6 is 0 Å². The molecule has 1 saturated heterocycles. The van der Waals surface area contributed by atoms with E-state index in [1.54, 1.807) is 0 Å². The molecule has 0 N–H and O–H groups in total. The zero-order chi connectivity index (χ0) is 16.8. The van der Waals surface area contributed by atoms with Gasteiger partial charge in [0, 0.05) is 50.4 Å². The maximum atomic E-state index is 5.77. The topological polar surface area (TPSA) is 15.7 Å². The predicted molar refractivity (Wildman–Crippen MR) is 96.2 cm³/mol. The molecule has 130 valence electrons. The second kappa shape index (κ2) is 8.35. The highest BCUT2D eigenvalue weighted by Crippen LogP contribution is 2.21. The summed E-state index contributed by atoms with van der Waals surface area (Å²) in [4.78, 5) is 4.99. The SMILES string of the molecule is C=C(CCOCCCC(C)(C)C)N1CCN(C(C)(C)C)CC1. The van der Waals surface area contributed by atoms with Crippen LogP contribution in [0, 0.1) is 5.41 Å². The highest BCUT2D eigenvalue weighted by molar-refractivity contribution is 4.97. The lowest BCUT2D eigenvalue weighted by atomic mass is 9.91. The smallest absolute Gasteiger partial charge is 0.0520 e. The standard InChI is InChI=1S/C19H38N2O/c1-17(9-16-22-15-8-10-18(2,3)4)20-11-13-21(14-12-20)19(5,6)7/h1,8-16H2,2-7H3. The Morgan fingerprint density at radius 2 is 1.55 bits per heavy atom. The molecule has 3 nitrogen and oxygen atoms in total. The maximum absolute atomic E-state index is 5.77. The van der Waals surface area contributed by atoms with E-state index in [1.807, 2.05) is 0 Å². The van der Waals surface area contributed by atoms with E-state index in [9.17, 15) is 0 Å². The van der Waals surface area contributed by atoms with E-state index in [1.165, 1.54) is 12.1 Å². The highest BCUT2D eigenvalue weighted by atomic mass is 16.5. The molecular weight excluding hydrogens is 272 g/mol. The van der Waals surface area contributed by atoms with Gasteiger partial charge in [-0.1, -0.05) is 27.4 Å². The molecule has 0 unspecified atom stereocenters. The average Bonchev–Trinajstić information content (AvgIpc) is 2.40. The van der Waals surface area contributed by atoms with Crippen molar-refractivity contribution in [3.05, 3.63) is 12.3 Å². The molecule has 1 aliphatic heterocycles. The zero-order valence-electron chi connectivity index (χ0n) is 15.9. The number of hydrogen-bond acceptors (Lipinski definition) is 3. The fraction of sp³-hybridized carbons (Fsp3) is 0.895. The molecule has 0 aromatic rings. The van der Waals surface area contributed by atoms with E-state index in [0.717, 1.165) is 52.2 Å². The third kappa shape index (κ3) is 7.64. The lowest BCUT2D eigenvalue weighted by molar-refractivity contribution is 0.0701. The van der Waals surface area contributed by atoms with Crippen LogP contribution in [0.1, 0.15) is 60.8 Å². The first-order valence-electron chi connectivity index (χ1n) is 8.85. The number of ether oxygens (including phenoxy) is 1. The molecule has 0 aromatic carbocycles. The third-order valence-electron chi connectivity index (χ3n) is 4.43. The van der Waals surface area contributed by atoms with E-state index in [0.29, 0.717) is 5.41 Å². The van der Waals surface area contributed by atoms with Crippen LogP contribution in [0.15, 0.2) is 12.3 Å². The lowest BCUT2D eigenvalue weighted by Crippen LogP contribution is -2.52. The summed E-state index contributed by atoms with van der Waals surface area (Å²) in [5.74, 6) is 0. The van der Waals surface area contributed by atoms with Crippen LogP contribution in [0.5, 0.6) is 0 Å². The van der Waals surface area contributed by atoms with Gasteiger partial charge in [-0.3, -0.25) is 4.90 Å². The molecule has 1 heterocycles. The molecule has 1 rings (SSSR count). The summed E-state index contributed by atoms with van der Waals surface area (Å²) in [6, 6.07) is 0. The molecule has 0 aromatic heterocycles. The summed E-state index contributed by atoms with van der Waals surface area (Å²) in [5, 5.41) is 0. The molecule has 3 heteroatoms. The van der Waals surface area contributed by atoms with E-state index in [-0.39, 0.29) is 5.54 Å². The Morgan fingerprint density at radius 1 is 0.955 bits per heavy atom. The minimum Gasteiger partial charge on any atom is -0.381 e. The van der Waals surface area contributed by atoms with Gasteiger partial charge in [0.1, 0.15) is 0 Å². The number of rotatable bonds is 7. The van der Waals surface area contributed by atoms with E-state index < -0.39 is 0 Å². The summed E-state index contributed by atoms with van der Waals surface area (Å²) >= 11 is 0. The Labute approximate surface area is 138 Å². The molecule has 0 saturated carbocycles. The molecule has 0 amide bonds. The van der Waals surface area contributed by atoms with Gasteiger partial charge in [0.2, 0.25) is 0 Å². The third-order valence-corrected chi connectivity index (χ3v) is 4.43. The van der Waals surface area contributed by atoms with Crippen LogP contribution in [0.3, 0.4) is 0 Å². The summed E-state index contributed by atoms with van der Waals surface area (Å²) in [5.41, 5.74) is 1.94. The summed E-state index contributed by atoms with van der Waals surface area (Å²) in [7, 11) is 0. The molecule has 0 spiro atoms. The van der Waals surface area contributed by atoms with Crippen molar-refractivity contribution in [2.75, 3.05) is 39.4 Å². The van der Waals surface area contributed by atoms with Crippen LogP contribution in [0.4, 0.5) is 0 Å². The monoisotopic (exact) mass is 310 g/mol. The van der Waals surface area contributed by atoms with Gasteiger partial charge in [0.25, 0.3) is 0 Å².